The van der Waals surface area contributed by atoms with Crippen LogP contribution in [0.1, 0.15) is 5.56 Å². The van der Waals surface area contributed by atoms with Crippen molar-refractivity contribution in [2.45, 2.75) is 13.1 Å². The average molecular weight is 338 g/mol. The van der Waals surface area contributed by atoms with Gasteiger partial charge in [0.2, 0.25) is 5.91 Å². The number of halogens is 3. The fourth-order valence-electron chi connectivity index (χ4n) is 2.09. The van der Waals surface area contributed by atoms with E-state index < -0.39 is 17.7 Å². The van der Waals surface area contributed by atoms with Crippen LogP contribution >= 0.6 is 0 Å². The van der Waals surface area contributed by atoms with Crippen LogP contribution in [0, 0.1) is 6.92 Å². The Labute approximate surface area is 137 Å². The highest BCUT2D eigenvalue weighted by Gasteiger charge is 2.39. The zero-order chi connectivity index (χ0) is 17.9. The van der Waals surface area contributed by atoms with Gasteiger partial charge in [-0.2, -0.15) is 13.2 Å². The normalized spacial score (nSPS) is 14.6. The second-order valence-corrected chi connectivity index (χ2v) is 5.31. The summed E-state index contributed by atoms with van der Waals surface area (Å²) in [5.74, 6) is -0.751. The van der Waals surface area contributed by atoms with Crippen LogP contribution in [0.2, 0.25) is 0 Å². The van der Waals surface area contributed by atoms with E-state index in [9.17, 15) is 18.0 Å². The molecule has 0 radical (unpaired) electrons. The lowest BCUT2D eigenvalue weighted by atomic mass is 10.1. The van der Waals surface area contributed by atoms with Crippen molar-refractivity contribution in [2.75, 3.05) is 24.3 Å². The van der Waals surface area contributed by atoms with E-state index >= 15 is 0 Å². The number of carbonyl (C=O) groups is 1. The first-order valence-corrected chi connectivity index (χ1v) is 7.06. The number of rotatable bonds is 3. The van der Waals surface area contributed by atoms with Crippen LogP contribution in [-0.4, -0.2) is 36.5 Å². The average Bonchev–Trinajstić information content (AvgIpc) is 2.50. The van der Waals surface area contributed by atoms with E-state index in [0.29, 0.717) is 11.4 Å². The molecule has 0 saturated carbocycles. The van der Waals surface area contributed by atoms with Gasteiger partial charge in [0.05, 0.1) is 11.4 Å². The maximum atomic E-state index is 13.2. The van der Waals surface area contributed by atoms with E-state index in [1.807, 2.05) is 6.92 Å². The van der Waals surface area contributed by atoms with Crippen molar-refractivity contribution in [3.8, 4) is 0 Å². The summed E-state index contributed by atoms with van der Waals surface area (Å²) in [6, 6.07) is 4.96. The van der Waals surface area contributed by atoms with E-state index in [0.717, 1.165) is 17.8 Å². The molecule has 1 amide bonds. The number of anilines is 2. The summed E-state index contributed by atoms with van der Waals surface area (Å²) in [4.78, 5) is 16.8. The van der Waals surface area contributed by atoms with Gasteiger partial charge in [0.25, 0.3) is 0 Å². The molecule has 2 rings (SSSR count). The predicted octanol–water partition coefficient (Wildman–Crippen LogP) is 3.28. The minimum absolute atomic E-state index is 0.0993. The van der Waals surface area contributed by atoms with Gasteiger partial charge in [0.15, 0.2) is 0 Å². The maximum Gasteiger partial charge on any atom is 0.421 e. The van der Waals surface area contributed by atoms with E-state index in [-0.39, 0.29) is 12.5 Å². The minimum atomic E-state index is -4.55. The molecule has 8 heteroatoms. The first-order chi connectivity index (χ1) is 11.2. The number of hydrogen-bond donors (Lipinski definition) is 2. The van der Waals surface area contributed by atoms with Gasteiger partial charge in [-0.3, -0.25) is 4.79 Å². The SMILES string of the molecule is C=CC(=O)Nc1cc(C)ccc1NC1=NCN(C)C=C1C(F)(F)F. The number of amides is 1. The molecular formula is C16H17F3N4O. The van der Waals surface area contributed by atoms with Gasteiger partial charge in [0.1, 0.15) is 18.1 Å². The molecule has 24 heavy (non-hydrogen) atoms. The van der Waals surface area contributed by atoms with Gasteiger partial charge in [-0.25, -0.2) is 4.99 Å². The fourth-order valence-corrected chi connectivity index (χ4v) is 2.09. The molecule has 0 aromatic heterocycles. The summed E-state index contributed by atoms with van der Waals surface area (Å²) in [5, 5.41) is 5.24. The van der Waals surface area contributed by atoms with E-state index in [1.165, 1.54) is 11.9 Å². The third-order valence-electron chi connectivity index (χ3n) is 3.23. The molecular weight excluding hydrogens is 321 g/mol. The highest BCUT2D eigenvalue weighted by atomic mass is 19.4. The molecule has 0 saturated heterocycles. The quantitative estimate of drug-likeness (QED) is 0.832. The van der Waals surface area contributed by atoms with E-state index in [4.69, 9.17) is 0 Å². The van der Waals surface area contributed by atoms with E-state index in [1.54, 1.807) is 18.2 Å². The Hall–Kier alpha value is -2.77. The number of alkyl halides is 3. The zero-order valence-corrected chi connectivity index (χ0v) is 13.2. The highest BCUT2D eigenvalue weighted by Crippen LogP contribution is 2.31. The molecule has 0 atom stereocenters. The van der Waals surface area contributed by atoms with Crippen LogP contribution in [0.3, 0.4) is 0 Å². The molecule has 1 aromatic rings. The van der Waals surface area contributed by atoms with Gasteiger partial charge in [-0.1, -0.05) is 12.6 Å². The molecule has 2 N–H and O–H groups in total. The number of benzene rings is 1. The summed E-state index contributed by atoms with van der Waals surface area (Å²) >= 11 is 0. The van der Waals surface area contributed by atoms with Crippen molar-refractivity contribution in [3.63, 3.8) is 0 Å². The number of aliphatic imine (C=N–C) groups is 1. The van der Waals surface area contributed by atoms with Crippen molar-refractivity contribution < 1.29 is 18.0 Å². The molecule has 0 unspecified atom stereocenters. The van der Waals surface area contributed by atoms with Gasteiger partial charge < -0.3 is 15.5 Å². The minimum Gasteiger partial charge on any atom is -0.361 e. The van der Waals surface area contributed by atoms with Crippen LogP contribution in [0.5, 0.6) is 0 Å². The Balaban J connectivity index is 2.35. The monoisotopic (exact) mass is 338 g/mol. The van der Waals surface area contributed by atoms with Crippen LogP contribution in [0.25, 0.3) is 0 Å². The standard InChI is InChI=1S/C16H17F3N4O/c1-4-14(24)21-13-7-10(2)5-6-12(13)22-15-11(16(17,18)19)8-23(3)9-20-15/h4-8H,1,9H2,2-3H3,(H,20,22)(H,21,24). The van der Waals surface area contributed by atoms with Crippen LogP contribution in [0.15, 0.2) is 47.6 Å². The lowest BCUT2D eigenvalue weighted by Gasteiger charge is -2.25. The molecule has 0 spiro atoms. The molecule has 0 fully saturated rings. The largest absolute Gasteiger partial charge is 0.421 e. The Morgan fingerprint density at radius 3 is 2.71 bits per heavy atom. The number of nitrogens with zero attached hydrogens (tertiary/aromatic N) is 2. The third-order valence-corrected chi connectivity index (χ3v) is 3.23. The Morgan fingerprint density at radius 2 is 2.08 bits per heavy atom. The van der Waals surface area contributed by atoms with Gasteiger partial charge in [-0.05, 0) is 30.7 Å². The Morgan fingerprint density at radius 1 is 1.38 bits per heavy atom. The smallest absolute Gasteiger partial charge is 0.361 e. The van der Waals surface area contributed by atoms with E-state index in [2.05, 4.69) is 22.2 Å². The topological polar surface area (TPSA) is 56.7 Å². The zero-order valence-electron chi connectivity index (χ0n) is 13.2. The second kappa shape index (κ2) is 6.77. The van der Waals surface area contributed by atoms with Crippen molar-refractivity contribution in [2.24, 2.45) is 4.99 Å². The molecule has 0 bridgehead atoms. The number of carbonyl (C=O) groups excluding carboxylic acids is 1. The number of hydrogen-bond acceptors (Lipinski definition) is 4. The molecule has 1 aromatic carbocycles. The first kappa shape index (κ1) is 17.6. The fraction of sp³-hybridized carbons (Fsp3) is 0.250. The molecule has 0 aliphatic carbocycles. The van der Waals surface area contributed by atoms with Crippen molar-refractivity contribution >= 4 is 23.1 Å². The maximum absolute atomic E-state index is 13.2. The first-order valence-electron chi connectivity index (χ1n) is 7.06. The van der Waals surface area contributed by atoms with Crippen LogP contribution < -0.4 is 10.6 Å². The molecule has 1 heterocycles. The number of amidine groups is 1. The van der Waals surface area contributed by atoms with Gasteiger partial charge in [-0.15, -0.1) is 0 Å². The van der Waals surface area contributed by atoms with Crippen molar-refractivity contribution in [1.29, 1.82) is 0 Å². The summed E-state index contributed by atoms with van der Waals surface area (Å²) in [5.41, 5.74) is 0.631. The highest BCUT2D eigenvalue weighted by molar-refractivity contribution is 6.11. The van der Waals surface area contributed by atoms with Crippen LogP contribution in [0.4, 0.5) is 24.5 Å². The summed E-state index contributed by atoms with van der Waals surface area (Å²) in [7, 11) is 1.51. The van der Waals surface area contributed by atoms with Gasteiger partial charge in [0, 0.05) is 13.2 Å². The molecule has 128 valence electrons. The summed E-state index contributed by atoms with van der Waals surface area (Å²) in [6.45, 7) is 5.26. The molecule has 1 aliphatic rings. The summed E-state index contributed by atoms with van der Waals surface area (Å²) < 4.78 is 39.6. The molecule has 5 nitrogen and oxygen atoms in total. The number of aryl methyl sites for hydroxylation is 1. The third kappa shape index (κ3) is 4.15. The second-order valence-electron chi connectivity index (χ2n) is 5.31. The Kier molecular flexibility index (Phi) is 4.96. The van der Waals surface area contributed by atoms with Crippen molar-refractivity contribution in [3.05, 3.63) is 48.2 Å². The van der Waals surface area contributed by atoms with Gasteiger partial charge >= 0.3 is 6.18 Å². The lowest BCUT2D eigenvalue weighted by molar-refractivity contribution is -0.111. The predicted molar refractivity (Wildman–Crippen MR) is 87.8 cm³/mol. The number of nitrogens with one attached hydrogen (secondary N) is 2. The van der Waals surface area contributed by atoms with Crippen LogP contribution in [-0.2, 0) is 4.79 Å². The Bertz CT molecular complexity index is 723. The summed E-state index contributed by atoms with van der Waals surface area (Å²) in [6.07, 6.45) is -2.47. The lowest BCUT2D eigenvalue weighted by Crippen LogP contribution is -2.33. The van der Waals surface area contributed by atoms with Crippen molar-refractivity contribution in [1.82, 2.24) is 4.90 Å². The molecule has 1 aliphatic heterocycles.